The first-order valence-corrected chi connectivity index (χ1v) is 7.57. The maximum absolute atomic E-state index is 12.3. The first kappa shape index (κ1) is 16.1. The van der Waals surface area contributed by atoms with Crippen LogP contribution in [0.3, 0.4) is 0 Å². The van der Waals surface area contributed by atoms with Crippen LogP contribution < -0.4 is 5.32 Å². The van der Waals surface area contributed by atoms with E-state index in [9.17, 15) is 9.59 Å². The van der Waals surface area contributed by atoms with Gasteiger partial charge in [-0.1, -0.05) is 29.3 Å². The van der Waals surface area contributed by atoms with Gasteiger partial charge in [-0.2, -0.15) is 0 Å². The van der Waals surface area contributed by atoms with Crippen molar-refractivity contribution in [1.29, 1.82) is 0 Å². The summed E-state index contributed by atoms with van der Waals surface area (Å²) < 4.78 is 0. The minimum atomic E-state index is -0.891. The molecule has 1 fully saturated rings. The Kier molecular flexibility index (Phi) is 4.79. The molecular formula is C15H17Cl2NO3. The van der Waals surface area contributed by atoms with E-state index in [1.165, 1.54) is 0 Å². The van der Waals surface area contributed by atoms with E-state index in [0.29, 0.717) is 22.9 Å². The number of nitrogens with one attached hydrogen (secondary N) is 1. The zero-order valence-corrected chi connectivity index (χ0v) is 13.2. The molecule has 0 radical (unpaired) electrons. The van der Waals surface area contributed by atoms with Crippen molar-refractivity contribution < 1.29 is 14.7 Å². The molecule has 2 N–H and O–H groups in total. The number of rotatable bonds is 5. The first-order valence-electron chi connectivity index (χ1n) is 6.82. The molecule has 1 unspecified atom stereocenters. The van der Waals surface area contributed by atoms with Gasteiger partial charge in [-0.05, 0) is 43.9 Å². The summed E-state index contributed by atoms with van der Waals surface area (Å²) in [5, 5.41) is 12.7. The molecule has 0 heterocycles. The molecule has 1 saturated carbocycles. The quantitative estimate of drug-likeness (QED) is 0.867. The molecule has 1 aliphatic carbocycles. The Morgan fingerprint density at radius 3 is 2.48 bits per heavy atom. The van der Waals surface area contributed by atoms with Gasteiger partial charge in [0.15, 0.2) is 0 Å². The van der Waals surface area contributed by atoms with Gasteiger partial charge >= 0.3 is 5.97 Å². The molecule has 1 amide bonds. The minimum Gasteiger partial charge on any atom is -0.481 e. The van der Waals surface area contributed by atoms with Crippen LogP contribution in [0, 0.1) is 0 Å². The van der Waals surface area contributed by atoms with Crippen LogP contribution in [-0.4, -0.2) is 22.5 Å². The van der Waals surface area contributed by atoms with Crippen LogP contribution in [0.15, 0.2) is 18.2 Å². The largest absolute Gasteiger partial charge is 0.481 e. The van der Waals surface area contributed by atoms with Crippen LogP contribution in [0.2, 0.25) is 10.0 Å². The number of hydrogen-bond donors (Lipinski definition) is 2. The number of carbonyl (C=O) groups excluding carboxylic acids is 1. The Hall–Kier alpha value is -1.26. The van der Waals surface area contributed by atoms with Crippen molar-refractivity contribution >= 4 is 35.1 Å². The SMILES string of the molecule is CC(C(=O)NC1(CC(=O)O)CCC1)c1ccc(Cl)c(Cl)c1. The van der Waals surface area contributed by atoms with Gasteiger partial charge in [-0.25, -0.2) is 0 Å². The molecule has 1 aromatic carbocycles. The molecule has 6 heteroatoms. The van der Waals surface area contributed by atoms with Crippen molar-refractivity contribution in [3.63, 3.8) is 0 Å². The third-order valence-corrected chi connectivity index (χ3v) is 4.76. The van der Waals surface area contributed by atoms with Gasteiger partial charge < -0.3 is 10.4 Å². The van der Waals surface area contributed by atoms with Gasteiger partial charge in [0, 0.05) is 0 Å². The highest BCUT2D eigenvalue weighted by Gasteiger charge is 2.41. The zero-order valence-electron chi connectivity index (χ0n) is 11.7. The Morgan fingerprint density at radius 2 is 2.00 bits per heavy atom. The summed E-state index contributed by atoms with van der Waals surface area (Å²) in [5.41, 5.74) is 0.166. The molecule has 1 aliphatic rings. The van der Waals surface area contributed by atoms with E-state index in [4.69, 9.17) is 28.3 Å². The predicted molar refractivity (Wildman–Crippen MR) is 81.9 cm³/mol. The first-order chi connectivity index (χ1) is 9.83. The maximum Gasteiger partial charge on any atom is 0.305 e. The standard InChI is InChI=1S/C15H17Cl2NO3/c1-9(10-3-4-11(16)12(17)7-10)14(21)18-15(5-2-6-15)8-13(19)20/h3-4,7,9H,2,5-6,8H2,1H3,(H,18,21)(H,19,20). The van der Waals surface area contributed by atoms with Crippen LogP contribution >= 0.6 is 23.2 Å². The molecule has 4 nitrogen and oxygen atoms in total. The number of aliphatic carboxylic acids is 1. The molecule has 1 atom stereocenters. The van der Waals surface area contributed by atoms with E-state index >= 15 is 0 Å². The molecule has 114 valence electrons. The molecule has 0 aliphatic heterocycles. The molecule has 2 rings (SSSR count). The van der Waals surface area contributed by atoms with Gasteiger partial charge in [0.25, 0.3) is 0 Å². The average molecular weight is 330 g/mol. The summed E-state index contributed by atoms with van der Waals surface area (Å²) in [6.45, 7) is 1.77. The molecule has 0 spiro atoms. The van der Waals surface area contributed by atoms with Crippen molar-refractivity contribution in [2.45, 2.75) is 44.1 Å². The van der Waals surface area contributed by atoms with E-state index in [2.05, 4.69) is 5.32 Å². The lowest BCUT2D eigenvalue weighted by Crippen LogP contribution is -2.55. The van der Waals surface area contributed by atoms with Gasteiger partial charge in [0.05, 0.1) is 27.9 Å². The van der Waals surface area contributed by atoms with Gasteiger partial charge in [-0.15, -0.1) is 0 Å². The lowest BCUT2D eigenvalue weighted by Gasteiger charge is -2.42. The second-order valence-electron chi connectivity index (χ2n) is 5.59. The molecule has 0 saturated heterocycles. The summed E-state index contributed by atoms with van der Waals surface area (Å²) in [4.78, 5) is 23.3. The highest BCUT2D eigenvalue weighted by molar-refractivity contribution is 6.42. The fourth-order valence-corrected chi connectivity index (χ4v) is 2.85. The molecule has 0 aromatic heterocycles. The smallest absolute Gasteiger partial charge is 0.305 e. The highest BCUT2D eigenvalue weighted by Crippen LogP contribution is 2.36. The Morgan fingerprint density at radius 1 is 1.33 bits per heavy atom. The van der Waals surface area contributed by atoms with Crippen molar-refractivity contribution in [3.05, 3.63) is 33.8 Å². The van der Waals surface area contributed by atoms with Crippen molar-refractivity contribution in [3.8, 4) is 0 Å². The summed E-state index contributed by atoms with van der Waals surface area (Å²) in [5.74, 6) is -1.49. The van der Waals surface area contributed by atoms with Crippen molar-refractivity contribution in [2.24, 2.45) is 0 Å². The molecular weight excluding hydrogens is 313 g/mol. The Balaban J connectivity index is 2.08. The number of benzene rings is 1. The fraction of sp³-hybridized carbons (Fsp3) is 0.467. The fourth-order valence-electron chi connectivity index (χ4n) is 2.54. The predicted octanol–water partition coefficient (Wildman–Crippen LogP) is 3.61. The van der Waals surface area contributed by atoms with Crippen molar-refractivity contribution in [1.82, 2.24) is 5.32 Å². The highest BCUT2D eigenvalue weighted by atomic mass is 35.5. The summed E-state index contributed by atoms with van der Waals surface area (Å²) in [7, 11) is 0. The topological polar surface area (TPSA) is 66.4 Å². The number of amides is 1. The summed E-state index contributed by atoms with van der Waals surface area (Å²) in [6, 6.07) is 5.07. The van der Waals surface area contributed by atoms with E-state index in [1.54, 1.807) is 25.1 Å². The number of carbonyl (C=O) groups is 2. The van der Waals surface area contributed by atoms with Crippen LogP contribution in [0.5, 0.6) is 0 Å². The number of carboxylic acid groups (broad SMARTS) is 1. The second kappa shape index (κ2) is 6.24. The van der Waals surface area contributed by atoms with Gasteiger partial charge in [0.1, 0.15) is 0 Å². The van der Waals surface area contributed by atoms with Crippen molar-refractivity contribution in [2.75, 3.05) is 0 Å². The van der Waals surface area contributed by atoms with Crippen LogP contribution in [-0.2, 0) is 9.59 Å². The van der Waals surface area contributed by atoms with E-state index in [-0.39, 0.29) is 12.3 Å². The normalized spacial score (nSPS) is 17.7. The monoisotopic (exact) mass is 329 g/mol. The van der Waals surface area contributed by atoms with E-state index in [1.807, 2.05) is 0 Å². The van der Waals surface area contributed by atoms with Crippen LogP contribution in [0.25, 0.3) is 0 Å². The maximum atomic E-state index is 12.3. The Labute approximate surface area is 133 Å². The van der Waals surface area contributed by atoms with Crippen LogP contribution in [0.4, 0.5) is 0 Å². The molecule has 1 aromatic rings. The van der Waals surface area contributed by atoms with Gasteiger partial charge in [0.2, 0.25) is 5.91 Å². The van der Waals surface area contributed by atoms with E-state index in [0.717, 1.165) is 12.0 Å². The lowest BCUT2D eigenvalue weighted by atomic mass is 9.74. The molecule has 21 heavy (non-hydrogen) atoms. The van der Waals surface area contributed by atoms with Crippen LogP contribution in [0.1, 0.15) is 44.1 Å². The van der Waals surface area contributed by atoms with Gasteiger partial charge in [-0.3, -0.25) is 9.59 Å². The number of carboxylic acids is 1. The number of halogens is 2. The zero-order chi connectivity index (χ0) is 15.6. The second-order valence-corrected chi connectivity index (χ2v) is 6.40. The third-order valence-electron chi connectivity index (χ3n) is 4.03. The summed E-state index contributed by atoms with van der Waals surface area (Å²) >= 11 is 11.8. The average Bonchev–Trinajstić information content (AvgIpc) is 2.37. The Bertz CT molecular complexity index is 570. The lowest BCUT2D eigenvalue weighted by molar-refractivity contribution is -0.140. The minimum absolute atomic E-state index is 0.0349. The third kappa shape index (κ3) is 3.69. The van der Waals surface area contributed by atoms with E-state index < -0.39 is 17.4 Å². The molecule has 0 bridgehead atoms. The summed E-state index contributed by atoms with van der Waals surface area (Å²) in [6.07, 6.45) is 2.32. The number of hydrogen-bond acceptors (Lipinski definition) is 2.